The SMILES string of the molecule is COC(=O)c1ccc(CN2C(=O)C(O)=C(C(=O)CCc3ccccc3)C2c2ccccc2C)cc1. The Labute approximate surface area is 204 Å². The van der Waals surface area contributed by atoms with Crippen LogP contribution in [0.1, 0.15) is 45.1 Å². The summed E-state index contributed by atoms with van der Waals surface area (Å²) in [5.41, 5.74) is 4.01. The molecule has 0 fully saturated rings. The van der Waals surface area contributed by atoms with Gasteiger partial charge in [-0.05, 0) is 47.7 Å². The maximum atomic E-state index is 13.4. The van der Waals surface area contributed by atoms with Crippen molar-refractivity contribution in [1.82, 2.24) is 4.90 Å². The predicted octanol–water partition coefficient (Wildman–Crippen LogP) is 4.88. The number of aryl methyl sites for hydroxylation is 2. The predicted molar refractivity (Wildman–Crippen MR) is 132 cm³/mol. The third-order valence-corrected chi connectivity index (χ3v) is 6.30. The van der Waals surface area contributed by atoms with E-state index in [1.807, 2.05) is 61.5 Å². The number of ether oxygens (including phenoxy) is 1. The van der Waals surface area contributed by atoms with Gasteiger partial charge in [-0.2, -0.15) is 0 Å². The summed E-state index contributed by atoms with van der Waals surface area (Å²) >= 11 is 0. The van der Waals surface area contributed by atoms with Gasteiger partial charge in [0.15, 0.2) is 11.5 Å². The fourth-order valence-corrected chi connectivity index (χ4v) is 4.42. The number of nitrogens with zero attached hydrogens (tertiary/aromatic N) is 1. The van der Waals surface area contributed by atoms with Crippen LogP contribution < -0.4 is 0 Å². The molecule has 1 atom stereocenters. The van der Waals surface area contributed by atoms with Crippen molar-refractivity contribution < 1.29 is 24.2 Å². The highest BCUT2D eigenvalue weighted by Crippen LogP contribution is 2.40. The molecule has 178 valence electrons. The Morgan fingerprint density at radius 3 is 2.23 bits per heavy atom. The summed E-state index contributed by atoms with van der Waals surface area (Å²) in [6, 6.07) is 23.2. The summed E-state index contributed by atoms with van der Waals surface area (Å²) in [5.74, 6) is -1.78. The zero-order valence-electron chi connectivity index (χ0n) is 19.7. The smallest absolute Gasteiger partial charge is 0.337 e. The second kappa shape index (κ2) is 10.4. The minimum Gasteiger partial charge on any atom is -0.503 e. The van der Waals surface area contributed by atoms with Gasteiger partial charge in [-0.3, -0.25) is 9.59 Å². The van der Waals surface area contributed by atoms with E-state index in [0.29, 0.717) is 12.0 Å². The first kappa shape index (κ1) is 24.0. The molecule has 3 aromatic carbocycles. The number of esters is 1. The number of aliphatic hydroxyl groups is 1. The van der Waals surface area contributed by atoms with Gasteiger partial charge < -0.3 is 14.7 Å². The molecule has 1 amide bonds. The zero-order chi connectivity index (χ0) is 24.9. The van der Waals surface area contributed by atoms with E-state index in [-0.39, 0.29) is 24.3 Å². The van der Waals surface area contributed by atoms with Crippen molar-refractivity contribution >= 4 is 17.7 Å². The van der Waals surface area contributed by atoms with Crippen LogP contribution in [0.4, 0.5) is 0 Å². The average Bonchev–Trinajstić information content (AvgIpc) is 3.13. The molecule has 0 bridgehead atoms. The van der Waals surface area contributed by atoms with Crippen LogP contribution >= 0.6 is 0 Å². The van der Waals surface area contributed by atoms with E-state index in [0.717, 1.165) is 22.3 Å². The number of amides is 1. The Kier molecular flexibility index (Phi) is 7.11. The number of hydrogen-bond acceptors (Lipinski definition) is 5. The lowest BCUT2D eigenvalue weighted by molar-refractivity contribution is -0.130. The van der Waals surface area contributed by atoms with Gasteiger partial charge in [0.25, 0.3) is 5.91 Å². The lowest BCUT2D eigenvalue weighted by Gasteiger charge is -2.28. The lowest BCUT2D eigenvalue weighted by atomic mass is 9.91. The molecule has 0 saturated heterocycles. The Balaban J connectivity index is 1.65. The van der Waals surface area contributed by atoms with E-state index in [9.17, 15) is 19.5 Å². The molecule has 0 aliphatic carbocycles. The normalized spacial score (nSPS) is 15.4. The van der Waals surface area contributed by atoms with Gasteiger partial charge >= 0.3 is 5.97 Å². The number of benzene rings is 3. The van der Waals surface area contributed by atoms with Gasteiger partial charge in [-0.1, -0.05) is 66.7 Å². The van der Waals surface area contributed by atoms with Crippen LogP contribution in [0.2, 0.25) is 0 Å². The summed E-state index contributed by atoms with van der Waals surface area (Å²) in [5, 5.41) is 10.9. The first-order chi connectivity index (χ1) is 16.9. The Hall–Kier alpha value is -4.19. The fraction of sp³-hybridized carbons (Fsp3) is 0.207. The Morgan fingerprint density at radius 2 is 1.57 bits per heavy atom. The highest BCUT2D eigenvalue weighted by molar-refractivity contribution is 6.09. The molecule has 1 aliphatic rings. The van der Waals surface area contributed by atoms with Crippen molar-refractivity contribution in [3.05, 3.63) is 118 Å². The molecule has 1 N–H and O–H groups in total. The largest absolute Gasteiger partial charge is 0.503 e. The van der Waals surface area contributed by atoms with E-state index in [1.165, 1.54) is 12.0 Å². The number of Topliss-reactive ketones (excluding diaryl/α,β-unsaturated/α-hetero) is 1. The Morgan fingerprint density at radius 1 is 0.914 bits per heavy atom. The molecule has 4 rings (SSSR count). The standard InChI is InChI=1S/C29H27NO5/c1-19-8-6-7-11-23(19)26-25(24(31)17-14-20-9-4-3-5-10-20)27(32)28(33)30(26)18-21-12-15-22(16-13-21)29(34)35-2/h3-13,15-16,26,32H,14,17-18H2,1-2H3. The van der Waals surface area contributed by atoms with Gasteiger partial charge in [0.1, 0.15) is 0 Å². The van der Waals surface area contributed by atoms with Crippen LogP contribution in [0.5, 0.6) is 0 Å². The van der Waals surface area contributed by atoms with Crippen molar-refractivity contribution in [1.29, 1.82) is 0 Å². The molecule has 6 nitrogen and oxygen atoms in total. The van der Waals surface area contributed by atoms with Crippen LogP contribution in [0.25, 0.3) is 0 Å². The maximum absolute atomic E-state index is 13.4. The van der Waals surface area contributed by atoms with Crippen molar-refractivity contribution in [3.8, 4) is 0 Å². The van der Waals surface area contributed by atoms with Gasteiger partial charge in [0.2, 0.25) is 0 Å². The lowest BCUT2D eigenvalue weighted by Crippen LogP contribution is -2.31. The van der Waals surface area contributed by atoms with E-state index < -0.39 is 23.7 Å². The van der Waals surface area contributed by atoms with E-state index in [1.54, 1.807) is 24.3 Å². The highest BCUT2D eigenvalue weighted by atomic mass is 16.5. The molecular formula is C29H27NO5. The topological polar surface area (TPSA) is 83.9 Å². The molecule has 3 aromatic rings. The minimum absolute atomic E-state index is 0.131. The Bertz CT molecular complexity index is 1280. The number of ketones is 1. The van der Waals surface area contributed by atoms with E-state index in [2.05, 4.69) is 0 Å². The van der Waals surface area contributed by atoms with Gasteiger partial charge in [0, 0.05) is 13.0 Å². The summed E-state index contributed by atoms with van der Waals surface area (Å²) in [7, 11) is 1.32. The van der Waals surface area contributed by atoms with Crippen molar-refractivity contribution in [2.24, 2.45) is 0 Å². The number of methoxy groups -OCH3 is 1. The van der Waals surface area contributed by atoms with Gasteiger partial charge in [-0.15, -0.1) is 0 Å². The van der Waals surface area contributed by atoms with Crippen molar-refractivity contribution in [3.63, 3.8) is 0 Å². The number of carbonyl (C=O) groups is 3. The quantitative estimate of drug-likeness (QED) is 0.476. The van der Waals surface area contributed by atoms with Crippen LogP contribution in [0.3, 0.4) is 0 Å². The van der Waals surface area contributed by atoms with Crippen molar-refractivity contribution in [2.75, 3.05) is 7.11 Å². The second-order valence-corrected chi connectivity index (χ2v) is 8.55. The minimum atomic E-state index is -0.702. The monoisotopic (exact) mass is 469 g/mol. The van der Waals surface area contributed by atoms with E-state index >= 15 is 0 Å². The first-order valence-electron chi connectivity index (χ1n) is 11.4. The molecule has 1 aliphatic heterocycles. The molecule has 1 unspecified atom stereocenters. The third-order valence-electron chi connectivity index (χ3n) is 6.30. The van der Waals surface area contributed by atoms with Gasteiger partial charge in [-0.25, -0.2) is 4.79 Å². The number of carbonyl (C=O) groups excluding carboxylic acids is 3. The number of aliphatic hydroxyl groups excluding tert-OH is 1. The molecule has 6 heteroatoms. The zero-order valence-corrected chi connectivity index (χ0v) is 19.7. The number of rotatable bonds is 8. The van der Waals surface area contributed by atoms with Crippen LogP contribution in [-0.2, 0) is 27.3 Å². The summed E-state index contributed by atoms with van der Waals surface area (Å²) in [6.07, 6.45) is 0.695. The van der Waals surface area contributed by atoms with Crippen LogP contribution in [0.15, 0.2) is 90.2 Å². The highest BCUT2D eigenvalue weighted by Gasteiger charge is 2.43. The molecule has 0 radical (unpaired) electrons. The average molecular weight is 470 g/mol. The van der Waals surface area contributed by atoms with Crippen LogP contribution in [0, 0.1) is 6.92 Å². The molecule has 35 heavy (non-hydrogen) atoms. The summed E-state index contributed by atoms with van der Waals surface area (Å²) < 4.78 is 4.74. The molecule has 1 heterocycles. The molecule has 0 saturated carbocycles. The third kappa shape index (κ3) is 5.01. The van der Waals surface area contributed by atoms with E-state index in [4.69, 9.17) is 4.74 Å². The maximum Gasteiger partial charge on any atom is 0.337 e. The van der Waals surface area contributed by atoms with Crippen LogP contribution in [-0.4, -0.2) is 34.8 Å². The van der Waals surface area contributed by atoms with Crippen molar-refractivity contribution in [2.45, 2.75) is 32.4 Å². The number of hydrogen-bond donors (Lipinski definition) is 1. The molecular weight excluding hydrogens is 442 g/mol. The van der Waals surface area contributed by atoms with Gasteiger partial charge in [0.05, 0.1) is 24.3 Å². The first-order valence-corrected chi connectivity index (χ1v) is 11.4. The summed E-state index contributed by atoms with van der Waals surface area (Å²) in [6.45, 7) is 2.09. The molecule has 0 aromatic heterocycles. The summed E-state index contributed by atoms with van der Waals surface area (Å²) in [4.78, 5) is 39.9. The fourth-order valence-electron chi connectivity index (χ4n) is 4.42. The molecule has 0 spiro atoms. The second-order valence-electron chi connectivity index (χ2n) is 8.55.